The quantitative estimate of drug-likeness (QED) is 0.734. The lowest BCUT2D eigenvalue weighted by atomic mass is 9.95. The molecule has 2 heterocycles. The number of carbonyl (C=O) groups excluding carboxylic acids is 2. The molecule has 2 amide bonds. The van der Waals surface area contributed by atoms with Crippen LogP contribution in [-0.4, -0.2) is 54.5 Å². The molecule has 2 aliphatic heterocycles. The van der Waals surface area contributed by atoms with Gasteiger partial charge in [0.2, 0.25) is 5.91 Å². The Balaban J connectivity index is 1.45. The van der Waals surface area contributed by atoms with Crippen molar-refractivity contribution in [3.63, 3.8) is 0 Å². The van der Waals surface area contributed by atoms with Gasteiger partial charge in [0.05, 0.1) is 5.92 Å². The molecule has 0 N–H and O–H groups in total. The summed E-state index contributed by atoms with van der Waals surface area (Å²) in [5, 5.41) is 0. The fraction of sp³-hybridized carbons (Fsp3) is 0.417. The lowest BCUT2D eigenvalue weighted by molar-refractivity contribution is -0.137. The van der Waals surface area contributed by atoms with Gasteiger partial charge in [0.1, 0.15) is 19.0 Å². The van der Waals surface area contributed by atoms with Gasteiger partial charge in [-0.1, -0.05) is 12.1 Å². The Morgan fingerprint density at radius 2 is 1.90 bits per heavy atom. The van der Waals surface area contributed by atoms with E-state index in [1.807, 2.05) is 30.0 Å². The highest BCUT2D eigenvalue weighted by Gasteiger charge is 2.32. The second-order valence-corrected chi connectivity index (χ2v) is 7.89. The number of benzene rings is 2. The van der Waals surface area contributed by atoms with Crippen molar-refractivity contribution in [3.05, 3.63) is 59.4 Å². The van der Waals surface area contributed by atoms with Gasteiger partial charge >= 0.3 is 0 Å². The van der Waals surface area contributed by atoms with E-state index in [0.717, 1.165) is 18.4 Å². The number of amides is 2. The van der Waals surface area contributed by atoms with Crippen LogP contribution in [0.25, 0.3) is 0 Å². The Labute approximate surface area is 181 Å². The van der Waals surface area contributed by atoms with Crippen LogP contribution in [0.1, 0.15) is 35.7 Å². The number of nitrogens with zero attached hydrogens (tertiary/aromatic N) is 2. The van der Waals surface area contributed by atoms with Gasteiger partial charge in [0.15, 0.2) is 11.5 Å². The van der Waals surface area contributed by atoms with E-state index < -0.39 is 0 Å². The van der Waals surface area contributed by atoms with Crippen LogP contribution >= 0.6 is 0 Å². The number of hydrogen-bond donors (Lipinski definition) is 0. The monoisotopic (exact) mass is 426 g/mol. The molecule has 0 aromatic heterocycles. The third kappa shape index (κ3) is 4.65. The van der Waals surface area contributed by atoms with E-state index in [2.05, 4.69) is 0 Å². The topological polar surface area (TPSA) is 59.1 Å². The molecule has 4 rings (SSSR count). The van der Waals surface area contributed by atoms with Gasteiger partial charge in [-0.2, -0.15) is 0 Å². The molecule has 0 bridgehead atoms. The largest absolute Gasteiger partial charge is 0.486 e. The van der Waals surface area contributed by atoms with E-state index in [9.17, 15) is 14.0 Å². The number of para-hydroxylation sites is 1. The summed E-state index contributed by atoms with van der Waals surface area (Å²) < 4.78 is 24.6. The van der Waals surface area contributed by atoms with Gasteiger partial charge < -0.3 is 19.3 Å². The maximum Gasteiger partial charge on any atom is 0.253 e. The zero-order chi connectivity index (χ0) is 21.8. The molecule has 0 saturated carbocycles. The molecule has 2 aliphatic rings. The maximum atomic E-state index is 13.3. The van der Waals surface area contributed by atoms with Gasteiger partial charge in [-0.15, -0.1) is 0 Å². The summed E-state index contributed by atoms with van der Waals surface area (Å²) >= 11 is 0. The molecule has 1 atom stereocenters. The Morgan fingerprint density at radius 3 is 2.68 bits per heavy atom. The first kappa shape index (κ1) is 21.2. The van der Waals surface area contributed by atoms with Gasteiger partial charge in [-0.05, 0) is 50.1 Å². The smallest absolute Gasteiger partial charge is 0.253 e. The number of rotatable bonds is 5. The average molecular weight is 426 g/mol. The predicted octanol–water partition coefficient (Wildman–Crippen LogP) is 3.50. The highest BCUT2D eigenvalue weighted by atomic mass is 19.1. The highest BCUT2D eigenvalue weighted by Crippen LogP contribution is 2.34. The minimum Gasteiger partial charge on any atom is -0.486 e. The normalized spacial score (nSPS) is 17.9. The average Bonchev–Trinajstić information content (AvgIpc) is 2.82. The SMILES string of the molecule is CCN(Cc1cccc2c1OCCO2)C(=O)C1CCCN(C(=O)c2ccc(F)cc2)C1. The van der Waals surface area contributed by atoms with Crippen molar-refractivity contribution >= 4 is 11.8 Å². The van der Waals surface area contributed by atoms with Crippen molar-refractivity contribution in [2.24, 2.45) is 5.92 Å². The molecule has 1 fully saturated rings. The molecule has 6 nitrogen and oxygen atoms in total. The van der Waals surface area contributed by atoms with Gasteiger partial charge in [-0.3, -0.25) is 9.59 Å². The molecule has 7 heteroatoms. The highest BCUT2D eigenvalue weighted by molar-refractivity contribution is 5.94. The minimum atomic E-state index is -0.376. The summed E-state index contributed by atoms with van der Waals surface area (Å²) in [6.45, 7) is 4.94. The second-order valence-electron chi connectivity index (χ2n) is 7.89. The Kier molecular flexibility index (Phi) is 6.39. The number of halogens is 1. The number of likely N-dealkylation sites (tertiary alicyclic amines) is 1. The minimum absolute atomic E-state index is 0.0356. The fourth-order valence-electron chi connectivity index (χ4n) is 4.21. The van der Waals surface area contributed by atoms with Crippen LogP contribution in [0.5, 0.6) is 11.5 Å². The summed E-state index contributed by atoms with van der Waals surface area (Å²) in [4.78, 5) is 29.6. The van der Waals surface area contributed by atoms with Crippen molar-refractivity contribution in [1.29, 1.82) is 0 Å². The second kappa shape index (κ2) is 9.37. The molecule has 0 radical (unpaired) electrons. The van der Waals surface area contributed by atoms with Crippen LogP contribution in [0.2, 0.25) is 0 Å². The molecule has 1 unspecified atom stereocenters. The zero-order valence-corrected chi connectivity index (χ0v) is 17.7. The van der Waals surface area contributed by atoms with Gasteiger partial charge in [-0.25, -0.2) is 4.39 Å². The van der Waals surface area contributed by atoms with Crippen LogP contribution in [0.4, 0.5) is 4.39 Å². The zero-order valence-electron chi connectivity index (χ0n) is 17.7. The molecule has 1 saturated heterocycles. The fourth-order valence-corrected chi connectivity index (χ4v) is 4.21. The third-order valence-electron chi connectivity index (χ3n) is 5.85. The summed E-state index contributed by atoms with van der Waals surface area (Å²) in [6, 6.07) is 11.3. The standard InChI is InChI=1S/C24H27FN2O4/c1-2-26(15-18-5-3-7-21-22(18)31-14-13-30-21)24(29)19-6-4-12-27(16-19)23(28)17-8-10-20(25)11-9-17/h3,5,7-11,19H,2,4,6,12-16H2,1H3. The van der Waals surface area contributed by atoms with E-state index >= 15 is 0 Å². The van der Waals surface area contributed by atoms with E-state index in [-0.39, 0.29) is 23.5 Å². The Bertz CT molecular complexity index is 947. The van der Waals surface area contributed by atoms with Crippen LogP contribution in [0.3, 0.4) is 0 Å². The third-order valence-corrected chi connectivity index (χ3v) is 5.85. The summed E-state index contributed by atoms with van der Waals surface area (Å²) in [6.07, 6.45) is 1.51. The summed E-state index contributed by atoms with van der Waals surface area (Å²) in [5.41, 5.74) is 1.36. The van der Waals surface area contributed by atoms with Crippen molar-refractivity contribution < 1.29 is 23.5 Å². The summed E-state index contributed by atoms with van der Waals surface area (Å²) in [5.74, 6) is 0.656. The first-order valence-corrected chi connectivity index (χ1v) is 10.8. The number of hydrogen-bond acceptors (Lipinski definition) is 4. The predicted molar refractivity (Wildman–Crippen MR) is 114 cm³/mol. The van der Waals surface area contributed by atoms with Crippen molar-refractivity contribution in [2.75, 3.05) is 32.8 Å². The number of piperidine rings is 1. The van der Waals surface area contributed by atoms with Gasteiger partial charge in [0, 0.05) is 37.3 Å². The van der Waals surface area contributed by atoms with E-state index in [1.54, 1.807) is 4.90 Å². The molecule has 0 aliphatic carbocycles. The molecular weight excluding hydrogens is 399 g/mol. The van der Waals surface area contributed by atoms with Crippen LogP contribution in [0.15, 0.2) is 42.5 Å². The maximum absolute atomic E-state index is 13.3. The molecule has 2 aromatic rings. The molecule has 2 aromatic carbocycles. The van der Waals surface area contributed by atoms with Crippen molar-refractivity contribution in [3.8, 4) is 11.5 Å². The van der Waals surface area contributed by atoms with E-state index in [1.165, 1.54) is 24.3 Å². The van der Waals surface area contributed by atoms with E-state index in [0.29, 0.717) is 56.5 Å². The summed E-state index contributed by atoms with van der Waals surface area (Å²) in [7, 11) is 0. The lowest BCUT2D eigenvalue weighted by Crippen LogP contribution is -2.46. The molecular formula is C24H27FN2O4. The molecule has 164 valence electrons. The first-order chi connectivity index (χ1) is 15.1. The van der Waals surface area contributed by atoms with E-state index in [4.69, 9.17) is 9.47 Å². The Hall–Kier alpha value is -3.09. The first-order valence-electron chi connectivity index (χ1n) is 10.8. The van der Waals surface area contributed by atoms with Crippen molar-refractivity contribution in [1.82, 2.24) is 9.80 Å². The number of carbonyl (C=O) groups is 2. The van der Waals surface area contributed by atoms with Gasteiger partial charge in [0.25, 0.3) is 5.91 Å². The number of fused-ring (bicyclic) bond motifs is 1. The van der Waals surface area contributed by atoms with Crippen LogP contribution in [-0.2, 0) is 11.3 Å². The van der Waals surface area contributed by atoms with Crippen molar-refractivity contribution in [2.45, 2.75) is 26.3 Å². The lowest BCUT2D eigenvalue weighted by Gasteiger charge is -2.35. The molecule has 0 spiro atoms. The van der Waals surface area contributed by atoms with Crippen LogP contribution < -0.4 is 9.47 Å². The Morgan fingerprint density at radius 1 is 1.13 bits per heavy atom. The molecule has 31 heavy (non-hydrogen) atoms. The van der Waals surface area contributed by atoms with Crippen LogP contribution in [0, 0.1) is 11.7 Å². The number of ether oxygens (including phenoxy) is 2.